The van der Waals surface area contributed by atoms with Gasteiger partial charge in [0.15, 0.2) is 5.60 Å². The van der Waals surface area contributed by atoms with Crippen LogP contribution in [0.15, 0.2) is 90.3 Å². The highest BCUT2D eigenvalue weighted by atomic mass is 32.2. The maximum absolute atomic E-state index is 13.5. The Morgan fingerprint density at radius 3 is 2.48 bits per heavy atom. The van der Waals surface area contributed by atoms with Crippen molar-refractivity contribution in [3.63, 3.8) is 0 Å². The predicted octanol–water partition coefficient (Wildman–Crippen LogP) is 4.75. The molecular formula is C25H22FNO3S. The first-order valence-corrected chi connectivity index (χ1v) is 11.0. The Hall–Kier alpha value is -3.40. The molecule has 0 aliphatic carbocycles. The fraction of sp³-hybridized carbons (Fsp3) is 0.120. The number of anilines is 1. The summed E-state index contributed by atoms with van der Waals surface area (Å²) in [6.45, 7) is 5.54. The molecule has 0 heterocycles. The number of halogens is 1. The van der Waals surface area contributed by atoms with Gasteiger partial charge in [-0.05, 0) is 43.3 Å². The fourth-order valence-corrected chi connectivity index (χ4v) is 4.11. The molecule has 1 atom stereocenters. The molecular weight excluding hydrogens is 413 g/mol. The number of aliphatic hydroxyl groups is 1. The summed E-state index contributed by atoms with van der Waals surface area (Å²) in [6.07, 6.45) is 1.53. The van der Waals surface area contributed by atoms with E-state index in [0.717, 1.165) is 5.56 Å². The van der Waals surface area contributed by atoms with E-state index in [1.54, 1.807) is 42.5 Å². The molecule has 2 N–H and O–H groups in total. The standard InChI is InChI=1S/C25H22FNO3S/c1-3-16-25(28,17-15-20-7-6-8-21(26)18-20)23-9-4-5-10-24(23)27-31(29,30)22-13-11-19(2)12-14-22/h3-14,18,27-28H,1,16H2,2H3. The lowest BCUT2D eigenvalue weighted by molar-refractivity contribution is 0.105. The van der Waals surface area contributed by atoms with Crippen molar-refractivity contribution >= 4 is 15.7 Å². The van der Waals surface area contributed by atoms with Crippen LogP contribution in [0.1, 0.15) is 23.1 Å². The number of sulfonamides is 1. The number of rotatable bonds is 6. The first-order chi connectivity index (χ1) is 14.7. The second-order valence-electron chi connectivity index (χ2n) is 7.08. The van der Waals surface area contributed by atoms with Crippen LogP contribution in [0.5, 0.6) is 0 Å². The van der Waals surface area contributed by atoms with Gasteiger partial charge in [-0.1, -0.05) is 59.9 Å². The van der Waals surface area contributed by atoms with Gasteiger partial charge in [0.1, 0.15) is 5.82 Å². The lowest BCUT2D eigenvalue weighted by atomic mass is 9.89. The van der Waals surface area contributed by atoms with E-state index in [9.17, 15) is 17.9 Å². The van der Waals surface area contributed by atoms with Crippen molar-refractivity contribution in [3.05, 3.63) is 108 Å². The number of aryl methyl sites for hydroxylation is 1. The monoisotopic (exact) mass is 435 g/mol. The summed E-state index contributed by atoms with van der Waals surface area (Å²) < 4.78 is 41.8. The molecule has 3 aromatic rings. The number of para-hydroxylation sites is 1. The molecule has 0 amide bonds. The summed E-state index contributed by atoms with van der Waals surface area (Å²) in [5.74, 6) is 5.10. The summed E-state index contributed by atoms with van der Waals surface area (Å²) in [7, 11) is -3.89. The van der Waals surface area contributed by atoms with Crippen LogP contribution >= 0.6 is 0 Å². The van der Waals surface area contributed by atoms with Crippen LogP contribution in [-0.4, -0.2) is 13.5 Å². The molecule has 3 rings (SSSR count). The van der Waals surface area contributed by atoms with Crippen molar-refractivity contribution in [2.45, 2.75) is 23.8 Å². The Kier molecular flexibility index (Phi) is 6.59. The zero-order valence-electron chi connectivity index (χ0n) is 17.0. The maximum atomic E-state index is 13.5. The lowest BCUT2D eigenvalue weighted by Gasteiger charge is -2.24. The van der Waals surface area contributed by atoms with Gasteiger partial charge >= 0.3 is 0 Å². The lowest BCUT2D eigenvalue weighted by Crippen LogP contribution is -2.26. The third-order valence-corrected chi connectivity index (χ3v) is 6.01. The first kappa shape index (κ1) is 22.3. The molecule has 158 valence electrons. The normalized spacial score (nSPS) is 12.9. The molecule has 1 unspecified atom stereocenters. The number of hydrogen-bond donors (Lipinski definition) is 2. The van der Waals surface area contributed by atoms with Gasteiger partial charge in [0, 0.05) is 17.5 Å². The highest BCUT2D eigenvalue weighted by Crippen LogP contribution is 2.32. The number of nitrogens with one attached hydrogen (secondary N) is 1. The molecule has 6 heteroatoms. The summed E-state index contributed by atoms with van der Waals surface area (Å²) in [6, 6.07) is 18.6. The van der Waals surface area contributed by atoms with Crippen LogP contribution in [-0.2, 0) is 15.6 Å². The molecule has 0 spiro atoms. The predicted molar refractivity (Wildman–Crippen MR) is 120 cm³/mol. The fourth-order valence-electron chi connectivity index (χ4n) is 3.03. The molecule has 31 heavy (non-hydrogen) atoms. The molecule has 0 bridgehead atoms. The van der Waals surface area contributed by atoms with Gasteiger partial charge in [0.25, 0.3) is 10.0 Å². The Morgan fingerprint density at radius 1 is 1.10 bits per heavy atom. The molecule has 0 aromatic heterocycles. The molecule has 0 saturated heterocycles. The Bertz CT molecular complexity index is 1260. The van der Waals surface area contributed by atoms with Crippen molar-refractivity contribution < 1.29 is 17.9 Å². The van der Waals surface area contributed by atoms with Gasteiger partial charge in [-0.2, -0.15) is 0 Å². The number of benzene rings is 3. The van der Waals surface area contributed by atoms with Gasteiger partial charge in [-0.25, -0.2) is 12.8 Å². The molecule has 0 aliphatic rings. The SMILES string of the molecule is C=CCC(O)(C#Cc1cccc(F)c1)c1ccccc1NS(=O)(=O)c1ccc(C)cc1. The average Bonchev–Trinajstić information content (AvgIpc) is 2.73. The molecule has 0 fully saturated rings. The third-order valence-electron chi connectivity index (χ3n) is 4.63. The highest BCUT2D eigenvalue weighted by Gasteiger charge is 2.30. The van der Waals surface area contributed by atoms with Crippen LogP contribution in [0, 0.1) is 24.6 Å². The third kappa shape index (κ3) is 5.40. The van der Waals surface area contributed by atoms with Gasteiger partial charge in [-0.15, -0.1) is 6.58 Å². The van der Waals surface area contributed by atoms with E-state index in [0.29, 0.717) is 5.56 Å². The average molecular weight is 436 g/mol. The molecule has 0 aliphatic heterocycles. The molecule has 3 aromatic carbocycles. The topological polar surface area (TPSA) is 66.4 Å². The Morgan fingerprint density at radius 2 is 1.81 bits per heavy atom. The van der Waals surface area contributed by atoms with Crippen LogP contribution in [0.2, 0.25) is 0 Å². The van der Waals surface area contributed by atoms with E-state index in [-0.39, 0.29) is 22.6 Å². The van der Waals surface area contributed by atoms with Crippen molar-refractivity contribution in [2.75, 3.05) is 4.72 Å². The van der Waals surface area contributed by atoms with Crippen LogP contribution in [0.25, 0.3) is 0 Å². The van der Waals surface area contributed by atoms with Gasteiger partial charge in [-0.3, -0.25) is 4.72 Å². The zero-order valence-corrected chi connectivity index (χ0v) is 17.8. The van der Waals surface area contributed by atoms with Crippen LogP contribution in [0.4, 0.5) is 10.1 Å². The van der Waals surface area contributed by atoms with Crippen LogP contribution < -0.4 is 4.72 Å². The summed E-state index contributed by atoms with van der Waals surface area (Å²) >= 11 is 0. The minimum absolute atomic E-state index is 0.0403. The summed E-state index contributed by atoms with van der Waals surface area (Å²) in [4.78, 5) is 0.103. The van der Waals surface area contributed by atoms with Crippen LogP contribution in [0.3, 0.4) is 0 Å². The zero-order chi connectivity index (χ0) is 22.5. The van der Waals surface area contributed by atoms with E-state index < -0.39 is 21.4 Å². The molecule has 0 saturated carbocycles. The van der Waals surface area contributed by atoms with Gasteiger partial charge in [0.05, 0.1) is 10.6 Å². The quantitative estimate of drug-likeness (QED) is 0.434. The first-order valence-electron chi connectivity index (χ1n) is 9.54. The number of hydrogen-bond acceptors (Lipinski definition) is 3. The van der Waals surface area contributed by atoms with E-state index in [1.165, 1.54) is 36.4 Å². The molecule has 0 radical (unpaired) electrons. The minimum Gasteiger partial charge on any atom is -0.373 e. The highest BCUT2D eigenvalue weighted by molar-refractivity contribution is 7.92. The van der Waals surface area contributed by atoms with Crippen molar-refractivity contribution in [2.24, 2.45) is 0 Å². The summed E-state index contributed by atoms with van der Waals surface area (Å²) in [5.41, 5.74) is 0.0588. The van der Waals surface area contributed by atoms with Gasteiger partial charge in [0.2, 0.25) is 0 Å². The second kappa shape index (κ2) is 9.17. The Labute approximate surface area is 182 Å². The summed E-state index contributed by atoms with van der Waals surface area (Å²) in [5, 5.41) is 11.3. The maximum Gasteiger partial charge on any atom is 0.261 e. The van der Waals surface area contributed by atoms with Crippen molar-refractivity contribution in [3.8, 4) is 11.8 Å². The van der Waals surface area contributed by atoms with Crippen molar-refractivity contribution in [1.29, 1.82) is 0 Å². The van der Waals surface area contributed by atoms with Crippen molar-refractivity contribution in [1.82, 2.24) is 0 Å². The molecule has 4 nitrogen and oxygen atoms in total. The second-order valence-corrected chi connectivity index (χ2v) is 8.76. The largest absolute Gasteiger partial charge is 0.373 e. The van der Waals surface area contributed by atoms with E-state index in [1.807, 2.05) is 6.92 Å². The Balaban J connectivity index is 2.03. The minimum atomic E-state index is -3.89. The van der Waals surface area contributed by atoms with Gasteiger partial charge < -0.3 is 5.11 Å². The van der Waals surface area contributed by atoms with E-state index in [4.69, 9.17) is 0 Å². The smallest absolute Gasteiger partial charge is 0.261 e. The van der Waals surface area contributed by atoms with E-state index >= 15 is 0 Å². The van der Waals surface area contributed by atoms with E-state index in [2.05, 4.69) is 23.1 Å².